The summed E-state index contributed by atoms with van der Waals surface area (Å²) in [7, 11) is 0. The standard InChI is InChI=1S/C71H139NO13/c1-3-5-7-9-11-13-15-17-19-21-23-24-25-26-27-28-29-30-31-32-33-34-35-36-37-38-40-42-44-46-48-50-52-54-60(75)59(72-63(76)55-53-51-49-47-45-43-41-39-22-20-18-16-14-12-10-8-6-4-2)58-82-70-68(81)66(79)69(62(57-74)84-70)85-71-67(80)65(78)64(77)61(56-73)83-71/h59-62,64-71,73-75,77-81H,3-58H2,1-2H3,(H,72,76). The Morgan fingerprint density at radius 2 is 0.671 bits per heavy atom. The number of hydrogen-bond acceptors (Lipinski definition) is 13. The summed E-state index contributed by atoms with van der Waals surface area (Å²) < 4.78 is 22.9. The Labute approximate surface area is 521 Å². The van der Waals surface area contributed by atoms with Gasteiger partial charge in [-0.05, 0) is 12.8 Å². The second kappa shape index (κ2) is 56.9. The van der Waals surface area contributed by atoms with Crippen molar-refractivity contribution in [2.24, 2.45) is 0 Å². The summed E-state index contributed by atoms with van der Waals surface area (Å²) in [6, 6.07) is -0.824. The van der Waals surface area contributed by atoms with Gasteiger partial charge in [-0.1, -0.05) is 335 Å². The second-order valence-corrected chi connectivity index (χ2v) is 26.4. The number of hydrogen-bond donors (Lipinski definition) is 9. The van der Waals surface area contributed by atoms with E-state index in [9.17, 15) is 45.6 Å². The lowest BCUT2D eigenvalue weighted by Crippen LogP contribution is -2.65. The van der Waals surface area contributed by atoms with Gasteiger partial charge in [-0.3, -0.25) is 4.79 Å². The highest BCUT2D eigenvalue weighted by molar-refractivity contribution is 5.76. The zero-order valence-electron chi connectivity index (χ0n) is 55.1. The van der Waals surface area contributed by atoms with Gasteiger partial charge in [-0.15, -0.1) is 0 Å². The van der Waals surface area contributed by atoms with Gasteiger partial charge in [-0.2, -0.15) is 0 Å². The summed E-state index contributed by atoms with van der Waals surface area (Å²) in [5, 5.41) is 87.6. The van der Waals surface area contributed by atoms with Crippen LogP contribution in [0.3, 0.4) is 0 Å². The Kier molecular flexibility index (Phi) is 53.6. The molecule has 2 rings (SSSR count). The van der Waals surface area contributed by atoms with Crippen LogP contribution in [0.5, 0.6) is 0 Å². The van der Waals surface area contributed by atoms with E-state index in [1.807, 2.05) is 0 Å². The number of ether oxygens (including phenoxy) is 4. The van der Waals surface area contributed by atoms with Gasteiger partial charge in [0, 0.05) is 6.42 Å². The molecular weight excluding hydrogens is 1070 g/mol. The minimum atomic E-state index is -1.78. The molecule has 2 heterocycles. The number of nitrogens with one attached hydrogen (secondary N) is 1. The van der Waals surface area contributed by atoms with Crippen LogP contribution in [0, 0.1) is 0 Å². The van der Waals surface area contributed by atoms with E-state index < -0.39 is 86.8 Å². The number of aliphatic hydroxyl groups excluding tert-OH is 8. The Bertz CT molecular complexity index is 1430. The smallest absolute Gasteiger partial charge is 0.220 e. The highest BCUT2D eigenvalue weighted by Crippen LogP contribution is 2.30. The van der Waals surface area contributed by atoms with E-state index in [0.29, 0.717) is 12.8 Å². The highest BCUT2D eigenvalue weighted by atomic mass is 16.7. The van der Waals surface area contributed by atoms with Crippen molar-refractivity contribution in [3.05, 3.63) is 0 Å². The molecule has 0 bridgehead atoms. The van der Waals surface area contributed by atoms with Gasteiger partial charge in [0.15, 0.2) is 12.6 Å². The molecule has 0 saturated carbocycles. The van der Waals surface area contributed by atoms with Gasteiger partial charge < -0.3 is 65.1 Å². The summed E-state index contributed by atoms with van der Waals surface area (Å²) in [6.45, 7) is 2.93. The molecule has 12 atom stereocenters. The first-order valence-electron chi connectivity index (χ1n) is 36.8. The molecule has 0 aromatic rings. The molecule has 0 radical (unpaired) electrons. The topological polar surface area (TPSA) is 228 Å². The molecule has 2 aliphatic rings. The molecule has 12 unspecified atom stereocenters. The average Bonchev–Trinajstić information content (AvgIpc) is 3.69. The summed E-state index contributed by atoms with van der Waals surface area (Å²) >= 11 is 0. The molecular formula is C71H139NO13. The van der Waals surface area contributed by atoms with Crippen molar-refractivity contribution in [1.29, 1.82) is 0 Å². The maximum absolute atomic E-state index is 13.3. The lowest BCUT2D eigenvalue weighted by molar-refractivity contribution is -0.359. The first-order chi connectivity index (χ1) is 41.6. The van der Waals surface area contributed by atoms with Gasteiger partial charge in [0.1, 0.15) is 48.8 Å². The molecule has 506 valence electrons. The minimum absolute atomic E-state index is 0.198. The number of carbonyl (C=O) groups is 1. The predicted molar refractivity (Wildman–Crippen MR) is 346 cm³/mol. The molecule has 0 aromatic carbocycles. The van der Waals surface area contributed by atoms with Crippen molar-refractivity contribution in [3.63, 3.8) is 0 Å². The normalized spacial score (nSPS) is 23.4. The lowest BCUT2D eigenvalue weighted by Gasteiger charge is -2.46. The van der Waals surface area contributed by atoms with E-state index in [1.54, 1.807) is 0 Å². The quantitative estimate of drug-likeness (QED) is 0.0259. The maximum Gasteiger partial charge on any atom is 0.220 e. The number of amides is 1. The fraction of sp³-hybridized carbons (Fsp3) is 0.986. The molecule has 2 aliphatic heterocycles. The molecule has 14 nitrogen and oxygen atoms in total. The fourth-order valence-corrected chi connectivity index (χ4v) is 12.7. The summed E-state index contributed by atoms with van der Waals surface area (Å²) in [6.07, 6.45) is 51.4. The van der Waals surface area contributed by atoms with Crippen molar-refractivity contribution in [2.75, 3.05) is 19.8 Å². The highest BCUT2D eigenvalue weighted by Gasteiger charge is 2.51. The Hall–Kier alpha value is -1.01. The molecule has 0 aromatic heterocycles. The van der Waals surface area contributed by atoms with E-state index in [2.05, 4.69) is 19.2 Å². The van der Waals surface area contributed by atoms with Gasteiger partial charge >= 0.3 is 0 Å². The van der Waals surface area contributed by atoms with E-state index in [-0.39, 0.29) is 12.5 Å². The first-order valence-corrected chi connectivity index (χ1v) is 36.8. The average molecular weight is 1210 g/mol. The van der Waals surface area contributed by atoms with E-state index in [4.69, 9.17) is 18.9 Å². The Morgan fingerprint density at radius 1 is 0.376 bits per heavy atom. The zero-order valence-corrected chi connectivity index (χ0v) is 55.1. The van der Waals surface area contributed by atoms with Crippen LogP contribution in [-0.4, -0.2) is 140 Å². The fourth-order valence-electron chi connectivity index (χ4n) is 12.7. The monoisotopic (exact) mass is 1210 g/mol. The Balaban J connectivity index is 1.61. The number of rotatable bonds is 62. The van der Waals surface area contributed by atoms with E-state index in [0.717, 1.165) is 51.4 Å². The van der Waals surface area contributed by atoms with Gasteiger partial charge in [0.2, 0.25) is 5.91 Å². The van der Waals surface area contributed by atoms with Crippen LogP contribution in [0.1, 0.15) is 354 Å². The first kappa shape index (κ1) is 80.1. The molecule has 14 heteroatoms. The van der Waals surface area contributed by atoms with Crippen molar-refractivity contribution in [2.45, 2.75) is 428 Å². The van der Waals surface area contributed by atoms with Crippen LogP contribution in [0.2, 0.25) is 0 Å². The van der Waals surface area contributed by atoms with Crippen LogP contribution in [-0.2, 0) is 23.7 Å². The largest absolute Gasteiger partial charge is 0.394 e. The van der Waals surface area contributed by atoms with Crippen LogP contribution >= 0.6 is 0 Å². The summed E-state index contributed by atoms with van der Waals surface area (Å²) in [5.41, 5.74) is 0. The third-order valence-corrected chi connectivity index (χ3v) is 18.6. The van der Waals surface area contributed by atoms with Gasteiger partial charge in [0.05, 0.1) is 32.0 Å². The molecule has 0 aliphatic carbocycles. The van der Waals surface area contributed by atoms with Crippen molar-refractivity contribution in [1.82, 2.24) is 5.32 Å². The van der Waals surface area contributed by atoms with Crippen molar-refractivity contribution >= 4 is 5.91 Å². The molecule has 0 spiro atoms. The lowest BCUT2D eigenvalue weighted by atomic mass is 9.97. The Morgan fingerprint density at radius 3 is 1.00 bits per heavy atom. The van der Waals surface area contributed by atoms with Crippen LogP contribution in [0.15, 0.2) is 0 Å². The summed E-state index contributed by atoms with van der Waals surface area (Å²) in [5.74, 6) is -0.198. The number of carbonyl (C=O) groups excluding carboxylic acids is 1. The van der Waals surface area contributed by atoms with E-state index >= 15 is 0 Å². The van der Waals surface area contributed by atoms with Gasteiger partial charge in [-0.25, -0.2) is 0 Å². The second-order valence-electron chi connectivity index (χ2n) is 26.4. The number of aliphatic hydroxyl groups is 8. The van der Waals surface area contributed by atoms with Crippen LogP contribution < -0.4 is 5.32 Å². The van der Waals surface area contributed by atoms with Gasteiger partial charge in [0.25, 0.3) is 0 Å². The predicted octanol–water partition coefficient (Wildman–Crippen LogP) is 15.2. The zero-order chi connectivity index (χ0) is 61.6. The van der Waals surface area contributed by atoms with Crippen LogP contribution in [0.25, 0.3) is 0 Å². The van der Waals surface area contributed by atoms with E-state index in [1.165, 1.54) is 276 Å². The van der Waals surface area contributed by atoms with Crippen molar-refractivity contribution < 1.29 is 64.6 Å². The minimum Gasteiger partial charge on any atom is -0.394 e. The van der Waals surface area contributed by atoms with Crippen LogP contribution in [0.4, 0.5) is 0 Å². The molecule has 2 saturated heterocycles. The molecule has 85 heavy (non-hydrogen) atoms. The maximum atomic E-state index is 13.3. The molecule has 2 fully saturated rings. The third-order valence-electron chi connectivity index (χ3n) is 18.6. The molecule has 9 N–H and O–H groups in total. The molecule has 1 amide bonds. The number of unbranched alkanes of at least 4 members (excludes halogenated alkanes) is 49. The summed E-state index contributed by atoms with van der Waals surface area (Å²) in [4.78, 5) is 13.3. The third kappa shape index (κ3) is 41.2. The SMILES string of the molecule is CCCCCCCCCCCCCCCCCCCCCCCCCCCCCCCCCCCC(O)C(COC1OC(CO)C(OC2OC(CO)C(O)C(O)C2O)C(O)C1O)NC(=O)CCCCCCCCCCCCCCCCCCCC. The van der Waals surface area contributed by atoms with Crippen molar-refractivity contribution in [3.8, 4) is 0 Å².